The Hall–Kier alpha value is -4.21. The smallest absolute Gasteiger partial charge is 0.264 e. The minimum Gasteiger partial charge on any atom is -0.493 e. The highest BCUT2D eigenvalue weighted by molar-refractivity contribution is 5.91. The van der Waals surface area contributed by atoms with Crippen LogP contribution in [0, 0.1) is 6.92 Å². The van der Waals surface area contributed by atoms with Gasteiger partial charge in [0.2, 0.25) is 0 Å². The van der Waals surface area contributed by atoms with Gasteiger partial charge in [0.25, 0.3) is 5.56 Å². The molecule has 4 rings (SSSR count). The zero-order valence-corrected chi connectivity index (χ0v) is 18.2. The van der Waals surface area contributed by atoms with Crippen LogP contribution in [0.4, 0.5) is 11.6 Å². The third-order valence-electron chi connectivity index (χ3n) is 5.05. The Morgan fingerprint density at radius 3 is 2.59 bits per heavy atom. The molecule has 4 aromatic rings. The molecule has 0 fully saturated rings. The van der Waals surface area contributed by atoms with Crippen LogP contribution in [0.3, 0.4) is 0 Å². The van der Waals surface area contributed by atoms with E-state index in [1.54, 1.807) is 46.5 Å². The van der Waals surface area contributed by atoms with E-state index in [9.17, 15) is 4.79 Å². The Morgan fingerprint density at radius 1 is 1.09 bits per heavy atom. The maximum absolute atomic E-state index is 12.9. The molecule has 0 spiro atoms. The monoisotopic (exact) mass is 433 g/mol. The van der Waals surface area contributed by atoms with Gasteiger partial charge in [-0.25, -0.2) is 19.9 Å². The molecule has 1 aromatic carbocycles. The standard InChI is InChI=1S/C22H23N7O3/c1-12-24-9-14(20(23)27-12)10-25-21-19-16(26-11-29(2)22(19)30)8-15(28-21)13-5-6-17(31-3)18(7-13)32-4/h5-9,11H,10H2,1-4H3,(H,25,28)(H2,23,24,27). The summed E-state index contributed by atoms with van der Waals surface area (Å²) < 4.78 is 12.1. The fourth-order valence-electron chi connectivity index (χ4n) is 3.32. The number of anilines is 2. The Labute approximate surface area is 184 Å². The van der Waals surface area contributed by atoms with E-state index in [4.69, 9.17) is 20.2 Å². The van der Waals surface area contributed by atoms with Crippen LogP contribution in [-0.4, -0.2) is 38.7 Å². The van der Waals surface area contributed by atoms with Gasteiger partial charge in [0.1, 0.15) is 22.8 Å². The molecule has 0 aliphatic carbocycles. The summed E-state index contributed by atoms with van der Waals surface area (Å²) in [7, 11) is 4.79. The molecule has 0 amide bonds. The molecule has 0 bridgehead atoms. The van der Waals surface area contributed by atoms with E-state index in [0.29, 0.717) is 57.7 Å². The topological polar surface area (TPSA) is 130 Å². The molecule has 0 aliphatic rings. The molecule has 10 heteroatoms. The average molecular weight is 433 g/mol. The third kappa shape index (κ3) is 3.89. The van der Waals surface area contributed by atoms with Crippen LogP contribution in [0.1, 0.15) is 11.4 Å². The van der Waals surface area contributed by atoms with E-state index in [0.717, 1.165) is 5.56 Å². The Kier molecular flexibility index (Phi) is 5.59. The molecule has 0 saturated carbocycles. The fraction of sp³-hybridized carbons (Fsp3) is 0.227. The van der Waals surface area contributed by atoms with E-state index < -0.39 is 0 Å². The number of hydrogen-bond donors (Lipinski definition) is 2. The molecule has 0 radical (unpaired) electrons. The summed E-state index contributed by atoms with van der Waals surface area (Å²) in [4.78, 5) is 30.4. The van der Waals surface area contributed by atoms with Crippen molar-refractivity contribution in [2.75, 3.05) is 25.3 Å². The van der Waals surface area contributed by atoms with Crippen LogP contribution >= 0.6 is 0 Å². The summed E-state index contributed by atoms with van der Waals surface area (Å²) in [6.45, 7) is 2.06. The number of fused-ring (bicyclic) bond motifs is 1. The van der Waals surface area contributed by atoms with Gasteiger partial charge in [0.15, 0.2) is 11.5 Å². The van der Waals surface area contributed by atoms with Crippen molar-refractivity contribution in [2.45, 2.75) is 13.5 Å². The van der Waals surface area contributed by atoms with Gasteiger partial charge in [-0.1, -0.05) is 0 Å². The molecule has 164 valence electrons. The molecule has 0 unspecified atom stereocenters. The number of rotatable bonds is 6. The van der Waals surface area contributed by atoms with Gasteiger partial charge in [-0.2, -0.15) is 0 Å². The minimum absolute atomic E-state index is 0.211. The van der Waals surface area contributed by atoms with Crippen molar-refractivity contribution in [3.63, 3.8) is 0 Å². The van der Waals surface area contributed by atoms with Crippen molar-refractivity contribution < 1.29 is 9.47 Å². The second-order valence-corrected chi connectivity index (χ2v) is 7.16. The van der Waals surface area contributed by atoms with Crippen molar-refractivity contribution >= 4 is 22.5 Å². The summed E-state index contributed by atoms with van der Waals surface area (Å²) in [5, 5.41) is 3.59. The van der Waals surface area contributed by atoms with Gasteiger partial charge >= 0.3 is 0 Å². The first-order valence-corrected chi connectivity index (χ1v) is 9.82. The van der Waals surface area contributed by atoms with Crippen LogP contribution in [0.15, 0.2) is 41.6 Å². The summed E-state index contributed by atoms with van der Waals surface area (Å²) in [6.07, 6.45) is 3.14. The molecule has 0 aliphatic heterocycles. The molecular formula is C22H23N7O3. The third-order valence-corrected chi connectivity index (χ3v) is 5.05. The van der Waals surface area contributed by atoms with Gasteiger partial charge < -0.3 is 25.1 Å². The lowest BCUT2D eigenvalue weighted by molar-refractivity contribution is 0.355. The number of nitrogens with zero attached hydrogens (tertiary/aromatic N) is 5. The Bertz CT molecular complexity index is 1370. The summed E-state index contributed by atoms with van der Waals surface area (Å²) >= 11 is 0. The lowest BCUT2D eigenvalue weighted by Gasteiger charge is -2.13. The number of nitrogen functional groups attached to an aromatic ring is 1. The second kappa shape index (κ2) is 8.50. The minimum atomic E-state index is -0.211. The highest BCUT2D eigenvalue weighted by atomic mass is 16.5. The van der Waals surface area contributed by atoms with Crippen molar-refractivity contribution in [1.29, 1.82) is 0 Å². The van der Waals surface area contributed by atoms with E-state index in [1.165, 1.54) is 10.9 Å². The largest absolute Gasteiger partial charge is 0.493 e. The van der Waals surface area contributed by atoms with Gasteiger partial charge in [0, 0.05) is 30.9 Å². The zero-order valence-electron chi connectivity index (χ0n) is 18.2. The Morgan fingerprint density at radius 2 is 1.88 bits per heavy atom. The molecular weight excluding hydrogens is 410 g/mol. The summed E-state index contributed by atoms with van der Waals surface area (Å²) in [5.74, 6) is 2.53. The van der Waals surface area contributed by atoms with Gasteiger partial charge in [-0.15, -0.1) is 0 Å². The predicted molar refractivity (Wildman–Crippen MR) is 122 cm³/mol. The number of ether oxygens (including phenoxy) is 2. The molecule has 3 heterocycles. The van der Waals surface area contributed by atoms with Crippen molar-refractivity contribution in [1.82, 2.24) is 24.5 Å². The first-order chi connectivity index (χ1) is 15.4. The van der Waals surface area contributed by atoms with Crippen LogP contribution in [0.25, 0.3) is 22.2 Å². The van der Waals surface area contributed by atoms with Gasteiger partial charge in [0.05, 0.1) is 31.8 Å². The van der Waals surface area contributed by atoms with Crippen molar-refractivity contribution in [2.24, 2.45) is 7.05 Å². The lowest BCUT2D eigenvalue weighted by Crippen LogP contribution is -2.19. The summed E-state index contributed by atoms with van der Waals surface area (Å²) in [6, 6.07) is 7.26. The lowest BCUT2D eigenvalue weighted by atomic mass is 10.1. The summed E-state index contributed by atoms with van der Waals surface area (Å²) in [5.41, 5.74) is 8.43. The Balaban J connectivity index is 1.83. The molecule has 0 atom stereocenters. The average Bonchev–Trinajstić information content (AvgIpc) is 2.80. The maximum Gasteiger partial charge on any atom is 0.264 e. The number of aryl methyl sites for hydroxylation is 2. The number of nitrogens with one attached hydrogen (secondary N) is 1. The predicted octanol–water partition coefficient (Wildman–Crippen LogP) is 2.31. The number of pyridine rings is 1. The SMILES string of the molecule is COc1ccc(-c2cc3ncn(C)c(=O)c3c(NCc3cnc(C)nc3N)n2)cc1OC. The van der Waals surface area contributed by atoms with E-state index in [-0.39, 0.29) is 5.56 Å². The number of aromatic nitrogens is 5. The molecule has 3 N–H and O–H groups in total. The number of benzene rings is 1. The highest BCUT2D eigenvalue weighted by Crippen LogP contribution is 2.33. The van der Waals surface area contributed by atoms with E-state index in [2.05, 4.69) is 20.3 Å². The van der Waals surface area contributed by atoms with Crippen LogP contribution in [0.2, 0.25) is 0 Å². The van der Waals surface area contributed by atoms with Gasteiger partial charge in [-0.3, -0.25) is 4.79 Å². The van der Waals surface area contributed by atoms with Crippen molar-refractivity contribution in [3.8, 4) is 22.8 Å². The van der Waals surface area contributed by atoms with Crippen LogP contribution in [-0.2, 0) is 13.6 Å². The molecule has 3 aromatic heterocycles. The number of methoxy groups -OCH3 is 2. The zero-order chi connectivity index (χ0) is 22.8. The first kappa shape index (κ1) is 21.0. The second-order valence-electron chi connectivity index (χ2n) is 7.16. The van der Waals surface area contributed by atoms with Crippen molar-refractivity contribution in [3.05, 3.63) is 58.5 Å². The number of nitrogens with two attached hydrogens (primary N) is 1. The quantitative estimate of drug-likeness (QED) is 0.470. The van der Waals surface area contributed by atoms with E-state index >= 15 is 0 Å². The first-order valence-electron chi connectivity index (χ1n) is 9.82. The normalized spacial score (nSPS) is 10.9. The molecule has 32 heavy (non-hydrogen) atoms. The van der Waals surface area contributed by atoms with E-state index in [1.807, 2.05) is 12.1 Å². The van der Waals surface area contributed by atoms with Crippen LogP contribution in [0.5, 0.6) is 11.5 Å². The highest BCUT2D eigenvalue weighted by Gasteiger charge is 2.15. The van der Waals surface area contributed by atoms with Gasteiger partial charge in [-0.05, 0) is 31.2 Å². The maximum atomic E-state index is 12.9. The molecule has 0 saturated heterocycles. The molecule has 10 nitrogen and oxygen atoms in total. The van der Waals surface area contributed by atoms with Crippen LogP contribution < -0.4 is 26.1 Å². The number of hydrogen-bond acceptors (Lipinski definition) is 9. The fourth-order valence-corrected chi connectivity index (χ4v) is 3.32.